The number of carbonyl (C=O) groups is 2. The van der Waals surface area contributed by atoms with Crippen molar-refractivity contribution in [2.24, 2.45) is 0 Å². The Bertz CT molecular complexity index is 1220. The van der Waals surface area contributed by atoms with Crippen LogP contribution in [0.5, 0.6) is 0 Å². The molecule has 4 nitrogen and oxygen atoms in total. The molecule has 31 heavy (non-hydrogen) atoms. The van der Waals surface area contributed by atoms with Gasteiger partial charge in [0.15, 0.2) is 0 Å². The van der Waals surface area contributed by atoms with E-state index >= 15 is 0 Å². The van der Waals surface area contributed by atoms with Gasteiger partial charge in [-0.3, -0.25) is 4.79 Å². The summed E-state index contributed by atoms with van der Waals surface area (Å²) in [6.45, 7) is 0.403. The maximum atomic E-state index is 13.9. The molecule has 0 unspecified atom stereocenters. The molecule has 5 rings (SSSR count). The van der Waals surface area contributed by atoms with E-state index in [-0.39, 0.29) is 12.3 Å². The average molecular weight is 539 g/mol. The quantitative estimate of drug-likeness (QED) is 0.385. The van der Waals surface area contributed by atoms with E-state index in [1.54, 1.807) is 4.90 Å². The third-order valence-electron chi connectivity index (χ3n) is 5.68. The summed E-state index contributed by atoms with van der Waals surface area (Å²) in [6.07, 6.45) is 1.76. The van der Waals surface area contributed by atoms with Crippen molar-refractivity contribution in [2.45, 2.75) is 18.6 Å². The number of rotatable bonds is 3. The van der Waals surface area contributed by atoms with Crippen LogP contribution in [0.4, 0.5) is 5.69 Å². The van der Waals surface area contributed by atoms with Gasteiger partial charge in [0.05, 0.1) is 12.2 Å². The number of benzene rings is 3. The molecule has 3 aromatic rings. The molecule has 0 aromatic heterocycles. The number of halogens is 2. The van der Waals surface area contributed by atoms with Gasteiger partial charge in [-0.15, -0.1) is 0 Å². The van der Waals surface area contributed by atoms with Crippen LogP contribution in [0.1, 0.15) is 23.1 Å². The van der Waals surface area contributed by atoms with Gasteiger partial charge in [-0.2, -0.15) is 0 Å². The summed E-state index contributed by atoms with van der Waals surface area (Å²) in [5, 5.41) is 0. The number of fused-ring (bicyclic) bond motifs is 2. The van der Waals surface area contributed by atoms with Gasteiger partial charge >= 0.3 is 5.97 Å². The second kappa shape index (κ2) is 7.77. The van der Waals surface area contributed by atoms with Crippen molar-refractivity contribution in [3.05, 3.63) is 105 Å². The maximum absolute atomic E-state index is 13.9. The Morgan fingerprint density at radius 1 is 0.903 bits per heavy atom. The van der Waals surface area contributed by atoms with Crippen molar-refractivity contribution in [2.75, 3.05) is 4.90 Å². The topological polar surface area (TPSA) is 46.6 Å². The number of esters is 1. The zero-order valence-corrected chi connectivity index (χ0v) is 19.5. The highest BCUT2D eigenvalue weighted by Gasteiger charge is 2.56. The smallest absolute Gasteiger partial charge is 0.332 e. The van der Waals surface area contributed by atoms with Crippen LogP contribution in [-0.4, -0.2) is 11.9 Å². The van der Waals surface area contributed by atoms with Crippen LogP contribution in [0.3, 0.4) is 0 Å². The summed E-state index contributed by atoms with van der Waals surface area (Å²) in [4.78, 5) is 28.3. The fraction of sp³-hybridized carbons (Fsp3) is 0.120. The van der Waals surface area contributed by atoms with Gasteiger partial charge in [-0.25, -0.2) is 4.79 Å². The van der Waals surface area contributed by atoms with Crippen LogP contribution >= 0.6 is 31.9 Å². The summed E-state index contributed by atoms with van der Waals surface area (Å²) in [5.41, 5.74) is 2.74. The van der Waals surface area contributed by atoms with Crippen molar-refractivity contribution < 1.29 is 14.3 Å². The number of hydrogen-bond donors (Lipinski definition) is 0. The lowest BCUT2D eigenvalue weighted by atomic mass is 9.83. The van der Waals surface area contributed by atoms with Crippen molar-refractivity contribution >= 4 is 55.0 Å². The van der Waals surface area contributed by atoms with E-state index in [1.807, 2.05) is 72.8 Å². The van der Waals surface area contributed by atoms with Gasteiger partial charge in [0, 0.05) is 27.0 Å². The molecule has 6 heteroatoms. The second-order valence-electron chi connectivity index (χ2n) is 7.61. The molecule has 0 N–H and O–H groups in total. The second-order valence-corrected chi connectivity index (χ2v) is 9.38. The van der Waals surface area contributed by atoms with Crippen LogP contribution in [0.25, 0.3) is 5.57 Å². The number of anilines is 1. The molecule has 1 amide bonds. The molecule has 1 atom stereocenters. The molecule has 2 aliphatic rings. The fourth-order valence-corrected chi connectivity index (χ4v) is 5.24. The monoisotopic (exact) mass is 537 g/mol. The molecule has 0 saturated heterocycles. The summed E-state index contributed by atoms with van der Waals surface area (Å²) in [5.74, 6) is -0.741. The molecule has 0 aliphatic carbocycles. The average Bonchev–Trinajstić information content (AvgIpc) is 2.98. The van der Waals surface area contributed by atoms with Crippen LogP contribution in [0.15, 0.2) is 87.8 Å². The predicted octanol–water partition coefficient (Wildman–Crippen LogP) is 5.98. The number of carbonyl (C=O) groups excluding carboxylic acids is 2. The first kappa shape index (κ1) is 20.2. The minimum absolute atomic E-state index is 0.227. The van der Waals surface area contributed by atoms with Crippen LogP contribution in [-0.2, 0) is 26.5 Å². The summed E-state index contributed by atoms with van der Waals surface area (Å²) in [7, 11) is 0. The maximum Gasteiger partial charge on any atom is 0.332 e. The molecule has 0 bridgehead atoms. The van der Waals surface area contributed by atoms with Gasteiger partial charge in [-0.05, 0) is 41.0 Å². The van der Waals surface area contributed by atoms with E-state index in [9.17, 15) is 9.59 Å². The van der Waals surface area contributed by atoms with Gasteiger partial charge in [0.2, 0.25) is 5.60 Å². The first-order chi connectivity index (χ1) is 15.0. The van der Waals surface area contributed by atoms with Gasteiger partial charge in [-0.1, -0.05) is 80.4 Å². The zero-order valence-electron chi connectivity index (χ0n) is 16.3. The van der Waals surface area contributed by atoms with E-state index in [2.05, 4.69) is 31.9 Å². The Kier molecular flexibility index (Phi) is 5.07. The first-order valence-electron chi connectivity index (χ1n) is 9.82. The molecule has 0 radical (unpaired) electrons. The molecule has 0 fully saturated rings. The standard InChI is InChI=1S/C25H17Br2NO3/c26-19-11-9-17(10-12-19)18-13-22(29)31-25(14-18)23-20(27)7-4-8-21(23)28(24(25)30)15-16-5-2-1-3-6-16/h1-13H,14-15H2/t25-/m0/s1. The third kappa shape index (κ3) is 3.44. The van der Waals surface area contributed by atoms with Crippen molar-refractivity contribution in [3.8, 4) is 0 Å². The largest absolute Gasteiger partial charge is 0.440 e. The molecule has 0 saturated carbocycles. The molecule has 2 heterocycles. The highest BCUT2D eigenvalue weighted by atomic mass is 79.9. The molecule has 3 aromatic carbocycles. The minimum Gasteiger partial charge on any atom is -0.440 e. The first-order valence-corrected chi connectivity index (χ1v) is 11.4. The van der Waals surface area contributed by atoms with E-state index in [0.717, 1.165) is 31.3 Å². The van der Waals surface area contributed by atoms with E-state index in [0.29, 0.717) is 12.1 Å². The van der Waals surface area contributed by atoms with Crippen LogP contribution in [0.2, 0.25) is 0 Å². The number of nitrogens with zero attached hydrogens (tertiary/aromatic N) is 1. The summed E-state index contributed by atoms with van der Waals surface area (Å²) >= 11 is 7.05. The van der Waals surface area contributed by atoms with E-state index in [1.165, 1.54) is 6.08 Å². The SMILES string of the molecule is O=C1C=C(c2ccc(Br)cc2)C[C@@]2(O1)C(=O)N(Cc1ccccc1)c1cccc(Br)c12. The number of amides is 1. The fourth-order valence-electron chi connectivity index (χ4n) is 4.30. The molecule has 1 spiro atoms. The third-order valence-corrected chi connectivity index (χ3v) is 6.87. The summed E-state index contributed by atoms with van der Waals surface area (Å²) in [6, 6.07) is 23.2. The minimum atomic E-state index is -1.39. The van der Waals surface area contributed by atoms with Crippen molar-refractivity contribution in [1.82, 2.24) is 0 Å². The molecule has 154 valence electrons. The van der Waals surface area contributed by atoms with Crippen molar-refractivity contribution in [1.29, 1.82) is 0 Å². The number of hydrogen-bond acceptors (Lipinski definition) is 3. The Balaban J connectivity index is 1.61. The highest BCUT2D eigenvalue weighted by molar-refractivity contribution is 9.10. The van der Waals surface area contributed by atoms with E-state index < -0.39 is 11.6 Å². The molecular weight excluding hydrogens is 522 g/mol. The molecule has 2 aliphatic heterocycles. The van der Waals surface area contributed by atoms with Crippen molar-refractivity contribution in [3.63, 3.8) is 0 Å². The molecular formula is C25H17Br2NO3. The Morgan fingerprint density at radius 2 is 1.65 bits per heavy atom. The van der Waals surface area contributed by atoms with Gasteiger partial charge < -0.3 is 9.64 Å². The lowest BCUT2D eigenvalue weighted by Crippen LogP contribution is -2.45. The summed E-state index contributed by atoms with van der Waals surface area (Å²) < 4.78 is 7.55. The normalized spacial score (nSPS) is 19.9. The lowest BCUT2D eigenvalue weighted by Gasteiger charge is -2.33. The van der Waals surface area contributed by atoms with Gasteiger partial charge in [0.25, 0.3) is 5.91 Å². The Labute approximate surface area is 196 Å². The zero-order chi connectivity index (χ0) is 21.6. The van der Waals surface area contributed by atoms with Crippen LogP contribution in [0, 0.1) is 0 Å². The number of ether oxygens (including phenoxy) is 1. The Hall–Kier alpha value is -2.70. The lowest BCUT2D eigenvalue weighted by molar-refractivity contribution is -0.164. The Morgan fingerprint density at radius 3 is 2.39 bits per heavy atom. The van der Waals surface area contributed by atoms with Crippen LogP contribution < -0.4 is 4.90 Å². The highest BCUT2D eigenvalue weighted by Crippen LogP contribution is 2.52. The predicted molar refractivity (Wildman–Crippen MR) is 126 cm³/mol. The van der Waals surface area contributed by atoms with Gasteiger partial charge in [0.1, 0.15) is 0 Å². The van der Waals surface area contributed by atoms with E-state index in [4.69, 9.17) is 4.74 Å².